The highest BCUT2D eigenvalue weighted by Gasteiger charge is 2.32. The minimum atomic E-state index is -1.24. The average molecular weight is 208 g/mol. The van der Waals surface area contributed by atoms with Crippen LogP contribution in [-0.4, -0.2) is 13.9 Å². The molecule has 78 valence electrons. The van der Waals surface area contributed by atoms with E-state index in [9.17, 15) is 4.79 Å². The van der Waals surface area contributed by atoms with Gasteiger partial charge >= 0.3 is 0 Å². The Labute approximate surface area is 87.9 Å². The Balaban J connectivity index is 2.88. The molecule has 0 N–H and O–H groups in total. The predicted octanol–water partition coefficient (Wildman–Crippen LogP) is 3.56. The summed E-state index contributed by atoms with van der Waals surface area (Å²) in [6.45, 7) is 10.8. The molecule has 0 saturated carbocycles. The van der Waals surface area contributed by atoms with Crippen molar-refractivity contribution in [2.24, 2.45) is 0 Å². The molecule has 0 aromatic carbocycles. The van der Waals surface area contributed by atoms with Crippen LogP contribution in [0, 0.1) is 0 Å². The highest BCUT2D eigenvalue weighted by Crippen LogP contribution is 2.38. The van der Waals surface area contributed by atoms with Crippen molar-refractivity contribution in [1.82, 2.24) is 0 Å². The molecule has 0 bridgehead atoms. The van der Waals surface area contributed by atoms with Crippen LogP contribution >= 0.6 is 0 Å². The second-order valence-electron chi connectivity index (χ2n) is 5.14. The molecule has 1 aliphatic rings. The van der Waals surface area contributed by atoms with Crippen molar-refractivity contribution in [3.63, 3.8) is 0 Å². The van der Waals surface area contributed by atoms with Crippen LogP contribution < -0.4 is 0 Å². The molecule has 0 heterocycles. The van der Waals surface area contributed by atoms with E-state index in [0.29, 0.717) is 17.7 Å². The van der Waals surface area contributed by atoms with Crippen LogP contribution in [0.25, 0.3) is 0 Å². The molecule has 1 unspecified atom stereocenters. The van der Waals surface area contributed by atoms with Crippen molar-refractivity contribution in [2.45, 2.75) is 44.4 Å². The van der Waals surface area contributed by atoms with Crippen molar-refractivity contribution in [1.29, 1.82) is 0 Å². The van der Waals surface area contributed by atoms with Gasteiger partial charge in [-0.05, 0) is 12.0 Å². The summed E-state index contributed by atoms with van der Waals surface area (Å²) in [5.41, 5.74) is 2.00. The van der Waals surface area contributed by atoms with E-state index in [1.807, 2.05) is 6.08 Å². The molecule has 1 aliphatic carbocycles. The zero-order valence-electron chi connectivity index (χ0n) is 9.47. The van der Waals surface area contributed by atoms with Gasteiger partial charge in [-0.25, -0.2) is 0 Å². The minimum Gasteiger partial charge on any atom is -0.299 e. The maximum Gasteiger partial charge on any atom is 0.136 e. The number of ketones is 1. The number of carbonyl (C=O) groups is 1. The SMILES string of the molecule is C=CCC1=CCC(=O)CC1[Si](C)(C)C. The first-order valence-corrected chi connectivity index (χ1v) is 8.84. The lowest BCUT2D eigenvalue weighted by Crippen LogP contribution is -2.32. The van der Waals surface area contributed by atoms with Gasteiger partial charge < -0.3 is 0 Å². The van der Waals surface area contributed by atoms with Crippen molar-refractivity contribution in [3.8, 4) is 0 Å². The lowest BCUT2D eigenvalue weighted by Gasteiger charge is -2.33. The molecular weight excluding hydrogens is 188 g/mol. The number of Topliss-reactive ketones (excluding diaryl/α,β-unsaturated/α-hetero) is 1. The monoisotopic (exact) mass is 208 g/mol. The molecule has 1 atom stereocenters. The zero-order chi connectivity index (χ0) is 10.8. The molecule has 0 radical (unpaired) electrons. The summed E-state index contributed by atoms with van der Waals surface area (Å²) in [6, 6.07) is 0. The molecule has 0 spiro atoms. The van der Waals surface area contributed by atoms with Gasteiger partial charge in [-0.1, -0.05) is 37.4 Å². The van der Waals surface area contributed by atoms with E-state index in [2.05, 4.69) is 32.3 Å². The van der Waals surface area contributed by atoms with Crippen LogP contribution in [0.2, 0.25) is 25.2 Å². The molecule has 1 nitrogen and oxygen atoms in total. The summed E-state index contributed by atoms with van der Waals surface area (Å²) in [5, 5.41) is 0. The molecule has 0 aromatic heterocycles. The highest BCUT2D eigenvalue weighted by molar-refractivity contribution is 6.78. The number of rotatable bonds is 3. The molecule has 1 rings (SSSR count). The van der Waals surface area contributed by atoms with Crippen LogP contribution in [0.4, 0.5) is 0 Å². The standard InChI is InChI=1S/C12H20OSi/c1-5-6-10-7-8-11(13)9-12(10)14(2,3)4/h5,7,12H,1,6,8-9H2,2-4H3. The van der Waals surface area contributed by atoms with Gasteiger partial charge in [0, 0.05) is 12.8 Å². The van der Waals surface area contributed by atoms with E-state index in [1.165, 1.54) is 5.57 Å². The largest absolute Gasteiger partial charge is 0.299 e. The Morgan fingerprint density at radius 2 is 2.21 bits per heavy atom. The van der Waals surface area contributed by atoms with Crippen molar-refractivity contribution in [2.75, 3.05) is 0 Å². The van der Waals surface area contributed by atoms with Crippen LogP contribution in [0.5, 0.6) is 0 Å². The fourth-order valence-electron chi connectivity index (χ4n) is 2.08. The molecule has 0 aliphatic heterocycles. The van der Waals surface area contributed by atoms with Gasteiger partial charge in [0.25, 0.3) is 0 Å². The minimum absolute atomic E-state index is 0.408. The first kappa shape index (κ1) is 11.4. The van der Waals surface area contributed by atoms with E-state index < -0.39 is 8.07 Å². The normalized spacial score (nSPS) is 23.2. The van der Waals surface area contributed by atoms with Gasteiger partial charge in [-0.15, -0.1) is 6.58 Å². The first-order chi connectivity index (χ1) is 6.45. The third-order valence-electron chi connectivity index (χ3n) is 2.90. The fourth-order valence-corrected chi connectivity index (χ4v) is 4.27. The predicted molar refractivity (Wildman–Crippen MR) is 64.2 cm³/mol. The van der Waals surface area contributed by atoms with Crippen molar-refractivity contribution < 1.29 is 4.79 Å². The second kappa shape index (κ2) is 4.26. The molecule has 2 heteroatoms. The van der Waals surface area contributed by atoms with Gasteiger partial charge in [-0.2, -0.15) is 0 Å². The van der Waals surface area contributed by atoms with E-state index >= 15 is 0 Å². The number of hydrogen-bond donors (Lipinski definition) is 0. The summed E-state index contributed by atoms with van der Waals surface area (Å²) in [5.74, 6) is 0.408. The maximum absolute atomic E-state index is 11.4. The first-order valence-electron chi connectivity index (χ1n) is 5.26. The Hall–Kier alpha value is -0.633. The van der Waals surface area contributed by atoms with Gasteiger partial charge in [-0.3, -0.25) is 4.79 Å². The Morgan fingerprint density at radius 3 is 2.71 bits per heavy atom. The van der Waals surface area contributed by atoms with Crippen LogP contribution in [0.1, 0.15) is 19.3 Å². The van der Waals surface area contributed by atoms with Crippen LogP contribution in [-0.2, 0) is 4.79 Å². The highest BCUT2D eigenvalue weighted by atomic mass is 28.3. The summed E-state index contributed by atoms with van der Waals surface area (Å²) >= 11 is 0. The zero-order valence-corrected chi connectivity index (χ0v) is 10.5. The summed E-state index contributed by atoms with van der Waals surface area (Å²) in [4.78, 5) is 11.4. The van der Waals surface area contributed by atoms with E-state index in [0.717, 1.165) is 12.8 Å². The van der Waals surface area contributed by atoms with Crippen molar-refractivity contribution in [3.05, 3.63) is 24.3 Å². The maximum atomic E-state index is 11.4. The van der Waals surface area contributed by atoms with Crippen LogP contribution in [0.3, 0.4) is 0 Å². The summed E-state index contributed by atoms with van der Waals surface area (Å²) in [7, 11) is -1.24. The second-order valence-corrected chi connectivity index (χ2v) is 10.6. The van der Waals surface area contributed by atoms with Gasteiger partial charge in [0.1, 0.15) is 5.78 Å². The Kier molecular flexibility index (Phi) is 3.48. The van der Waals surface area contributed by atoms with Gasteiger partial charge in [0.05, 0.1) is 8.07 Å². The lowest BCUT2D eigenvalue weighted by atomic mass is 9.95. The van der Waals surface area contributed by atoms with E-state index in [4.69, 9.17) is 0 Å². The molecule has 0 saturated heterocycles. The molecule has 0 amide bonds. The van der Waals surface area contributed by atoms with E-state index in [-0.39, 0.29) is 0 Å². The van der Waals surface area contributed by atoms with Gasteiger partial charge in [0.2, 0.25) is 0 Å². The lowest BCUT2D eigenvalue weighted by molar-refractivity contribution is -0.118. The Morgan fingerprint density at radius 1 is 1.57 bits per heavy atom. The third kappa shape index (κ3) is 2.68. The molecule has 0 fully saturated rings. The number of carbonyl (C=O) groups excluding carboxylic acids is 1. The third-order valence-corrected chi connectivity index (χ3v) is 5.56. The smallest absolute Gasteiger partial charge is 0.136 e. The van der Waals surface area contributed by atoms with Crippen molar-refractivity contribution >= 4 is 13.9 Å². The fraction of sp³-hybridized carbons (Fsp3) is 0.583. The number of hydrogen-bond acceptors (Lipinski definition) is 1. The summed E-state index contributed by atoms with van der Waals surface area (Å²) in [6.07, 6.45) is 6.47. The molecule has 0 aromatic rings. The molecular formula is C12H20OSi. The van der Waals surface area contributed by atoms with E-state index in [1.54, 1.807) is 0 Å². The van der Waals surface area contributed by atoms with Crippen LogP contribution in [0.15, 0.2) is 24.3 Å². The van der Waals surface area contributed by atoms with Gasteiger partial charge in [0.15, 0.2) is 0 Å². The topological polar surface area (TPSA) is 17.1 Å². The Bertz CT molecular complexity index is 271. The average Bonchev–Trinajstić information content (AvgIpc) is 2.07. The molecule has 14 heavy (non-hydrogen) atoms. The quantitative estimate of drug-likeness (QED) is 0.512. The number of allylic oxidation sites excluding steroid dienone is 3. The summed E-state index contributed by atoms with van der Waals surface area (Å²) < 4.78 is 0.